The molecule has 0 fully saturated rings. The average Bonchev–Trinajstić information content (AvgIpc) is 2.85. The summed E-state index contributed by atoms with van der Waals surface area (Å²) in [7, 11) is 0. The van der Waals surface area contributed by atoms with Gasteiger partial charge >= 0.3 is 6.18 Å². The zero-order valence-corrected chi connectivity index (χ0v) is 13.4. The monoisotopic (exact) mass is 334 g/mol. The van der Waals surface area contributed by atoms with Gasteiger partial charge < -0.3 is 9.67 Å². The molecule has 0 radical (unpaired) electrons. The first-order chi connectivity index (χ1) is 11.3. The van der Waals surface area contributed by atoms with Crippen molar-refractivity contribution in [3.8, 4) is 11.4 Å². The highest BCUT2D eigenvalue weighted by molar-refractivity contribution is 5.82. The van der Waals surface area contributed by atoms with Crippen molar-refractivity contribution in [3.05, 3.63) is 53.1 Å². The number of aryl methyl sites for hydroxylation is 2. The summed E-state index contributed by atoms with van der Waals surface area (Å²) < 4.78 is 40.5. The van der Waals surface area contributed by atoms with Crippen LogP contribution >= 0.6 is 0 Å². The quantitative estimate of drug-likeness (QED) is 0.774. The van der Waals surface area contributed by atoms with Crippen molar-refractivity contribution in [1.82, 2.24) is 9.55 Å². The van der Waals surface area contributed by atoms with Crippen LogP contribution in [0.25, 0.3) is 22.4 Å². The number of aliphatic hydroxyl groups excluding tert-OH is 1. The number of hydrogen-bond donors (Lipinski definition) is 1. The van der Waals surface area contributed by atoms with Crippen molar-refractivity contribution in [1.29, 1.82) is 0 Å². The second kappa shape index (κ2) is 5.94. The maximum absolute atomic E-state index is 12.9. The maximum atomic E-state index is 12.9. The fraction of sp³-hybridized carbons (Fsp3) is 0.278. The average molecular weight is 334 g/mol. The minimum atomic E-state index is -4.41. The van der Waals surface area contributed by atoms with E-state index in [-0.39, 0.29) is 18.7 Å². The first kappa shape index (κ1) is 16.5. The fourth-order valence-electron chi connectivity index (χ4n) is 2.90. The molecule has 0 unspecified atom stereocenters. The molecule has 24 heavy (non-hydrogen) atoms. The Bertz CT molecular complexity index is 897. The van der Waals surface area contributed by atoms with Gasteiger partial charge in [0.05, 0.1) is 23.2 Å². The summed E-state index contributed by atoms with van der Waals surface area (Å²) >= 11 is 0. The predicted molar refractivity (Wildman–Crippen MR) is 86.7 cm³/mol. The van der Waals surface area contributed by atoms with Crippen LogP contribution in [-0.4, -0.2) is 21.3 Å². The number of alkyl halides is 3. The lowest BCUT2D eigenvalue weighted by Crippen LogP contribution is -2.06. The van der Waals surface area contributed by atoms with Crippen molar-refractivity contribution in [3.63, 3.8) is 0 Å². The number of nitrogens with zero attached hydrogens (tertiary/aromatic N) is 2. The van der Waals surface area contributed by atoms with E-state index in [1.807, 2.05) is 32.0 Å². The van der Waals surface area contributed by atoms with Crippen LogP contribution in [0, 0.1) is 13.8 Å². The van der Waals surface area contributed by atoms with Crippen LogP contribution in [0.1, 0.15) is 16.7 Å². The van der Waals surface area contributed by atoms with Crippen LogP contribution < -0.4 is 0 Å². The molecule has 3 aromatic rings. The molecule has 0 saturated carbocycles. The largest absolute Gasteiger partial charge is 0.416 e. The number of halogens is 3. The minimum Gasteiger partial charge on any atom is -0.395 e. The lowest BCUT2D eigenvalue weighted by Gasteiger charge is -2.10. The van der Waals surface area contributed by atoms with Gasteiger partial charge in [-0.15, -0.1) is 0 Å². The van der Waals surface area contributed by atoms with E-state index >= 15 is 0 Å². The van der Waals surface area contributed by atoms with Crippen molar-refractivity contribution in [2.45, 2.75) is 26.6 Å². The second-order valence-electron chi connectivity index (χ2n) is 5.83. The van der Waals surface area contributed by atoms with Gasteiger partial charge in [-0.25, -0.2) is 4.98 Å². The van der Waals surface area contributed by atoms with Crippen molar-refractivity contribution in [2.24, 2.45) is 0 Å². The van der Waals surface area contributed by atoms with Crippen molar-refractivity contribution < 1.29 is 18.3 Å². The Hall–Kier alpha value is -2.34. The summed E-state index contributed by atoms with van der Waals surface area (Å²) in [6.07, 6.45) is -4.41. The molecule has 2 aromatic carbocycles. The maximum Gasteiger partial charge on any atom is 0.416 e. The smallest absolute Gasteiger partial charge is 0.395 e. The molecule has 0 aliphatic rings. The van der Waals surface area contributed by atoms with Gasteiger partial charge in [0.25, 0.3) is 0 Å². The van der Waals surface area contributed by atoms with Gasteiger partial charge in [-0.2, -0.15) is 13.2 Å². The third-order valence-electron chi connectivity index (χ3n) is 4.02. The molecule has 0 saturated heterocycles. The zero-order chi connectivity index (χ0) is 17.5. The second-order valence-corrected chi connectivity index (χ2v) is 5.83. The van der Waals surface area contributed by atoms with Gasteiger partial charge in [0.15, 0.2) is 0 Å². The molecule has 6 heteroatoms. The molecule has 1 heterocycles. The number of aliphatic hydroxyl groups is 1. The summed E-state index contributed by atoms with van der Waals surface area (Å²) in [4.78, 5) is 4.42. The molecular formula is C18H17F3N2O. The van der Waals surface area contributed by atoms with Crippen molar-refractivity contribution >= 4 is 11.0 Å². The Balaban J connectivity index is 2.24. The number of aromatic nitrogens is 2. The molecule has 3 rings (SSSR count). The molecule has 126 valence electrons. The first-order valence-corrected chi connectivity index (χ1v) is 7.57. The van der Waals surface area contributed by atoms with E-state index in [0.29, 0.717) is 11.3 Å². The summed E-state index contributed by atoms with van der Waals surface area (Å²) in [6, 6.07) is 9.35. The van der Waals surface area contributed by atoms with E-state index in [4.69, 9.17) is 0 Å². The normalized spacial score (nSPS) is 12.1. The Labute approximate surface area is 137 Å². The van der Waals surface area contributed by atoms with Crippen LogP contribution in [0.3, 0.4) is 0 Å². The van der Waals surface area contributed by atoms with Crippen LogP contribution in [0.5, 0.6) is 0 Å². The Morgan fingerprint density at radius 1 is 1.08 bits per heavy atom. The number of imidazole rings is 1. The van der Waals surface area contributed by atoms with Gasteiger partial charge in [0.2, 0.25) is 0 Å². The summed E-state index contributed by atoms with van der Waals surface area (Å²) in [5.41, 5.74) is 3.05. The third-order valence-corrected chi connectivity index (χ3v) is 4.02. The molecule has 0 aliphatic heterocycles. The molecule has 0 atom stereocenters. The van der Waals surface area contributed by atoms with E-state index in [2.05, 4.69) is 4.98 Å². The van der Waals surface area contributed by atoms with E-state index in [1.165, 1.54) is 6.07 Å². The van der Waals surface area contributed by atoms with E-state index < -0.39 is 11.7 Å². The molecule has 0 bridgehead atoms. The first-order valence-electron chi connectivity index (χ1n) is 7.57. The Morgan fingerprint density at radius 2 is 1.83 bits per heavy atom. The number of rotatable bonds is 3. The zero-order valence-electron chi connectivity index (χ0n) is 13.4. The van der Waals surface area contributed by atoms with Crippen molar-refractivity contribution in [2.75, 3.05) is 6.61 Å². The standard InChI is InChI=1S/C18H17F3N2O/c1-11-3-5-14(12(2)9-11)17-22-15-10-13(18(19,20)21)4-6-16(15)23(17)7-8-24/h3-6,9-10,24H,7-8H2,1-2H3. The Kier molecular flexibility index (Phi) is 4.09. The SMILES string of the molecule is Cc1ccc(-c2nc3cc(C(F)(F)F)ccc3n2CCO)c(C)c1. The van der Waals surface area contributed by atoms with Crippen LogP contribution in [-0.2, 0) is 12.7 Å². The van der Waals surface area contributed by atoms with E-state index in [1.54, 1.807) is 4.57 Å². The van der Waals surface area contributed by atoms with Gasteiger partial charge in [0.1, 0.15) is 5.82 Å². The summed E-state index contributed by atoms with van der Waals surface area (Å²) in [5.74, 6) is 0.566. The molecule has 1 aromatic heterocycles. The fourth-order valence-corrected chi connectivity index (χ4v) is 2.90. The lowest BCUT2D eigenvalue weighted by atomic mass is 10.1. The predicted octanol–water partition coefficient (Wildman–Crippen LogP) is 4.33. The van der Waals surface area contributed by atoms with Gasteiger partial charge in [-0.1, -0.05) is 23.8 Å². The minimum absolute atomic E-state index is 0.121. The summed E-state index contributed by atoms with van der Waals surface area (Å²) in [5, 5.41) is 9.34. The summed E-state index contributed by atoms with van der Waals surface area (Å²) in [6.45, 7) is 4.06. The topological polar surface area (TPSA) is 38.0 Å². The highest BCUT2D eigenvalue weighted by Crippen LogP contribution is 2.33. The highest BCUT2D eigenvalue weighted by atomic mass is 19.4. The van der Waals surface area contributed by atoms with Gasteiger partial charge in [0, 0.05) is 12.1 Å². The Morgan fingerprint density at radius 3 is 2.46 bits per heavy atom. The number of hydrogen-bond acceptors (Lipinski definition) is 2. The number of fused-ring (bicyclic) bond motifs is 1. The number of benzene rings is 2. The van der Waals surface area contributed by atoms with E-state index in [0.717, 1.165) is 28.8 Å². The molecule has 0 aliphatic carbocycles. The van der Waals surface area contributed by atoms with Crippen LogP contribution in [0.4, 0.5) is 13.2 Å². The molecule has 0 amide bonds. The third kappa shape index (κ3) is 2.89. The van der Waals surface area contributed by atoms with Gasteiger partial charge in [-0.3, -0.25) is 0 Å². The lowest BCUT2D eigenvalue weighted by molar-refractivity contribution is -0.137. The molecule has 1 N–H and O–H groups in total. The van der Waals surface area contributed by atoms with Crippen LogP contribution in [0.15, 0.2) is 36.4 Å². The highest BCUT2D eigenvalue weighted by Gasteiger charge is 2.31. The molecular weight excluding hydrogens is 317 g/mol. The van der Waals surface area contributed by atoms with Gasteiger partial charge in [-0.05, 0) is 37.6 Å². The van der Waals surface area contributed by atoms with E-state index in [9.17, 15) is 18.3 Å². The molecule has 3 nitrogen and oxygen atoms in total. The molecule has 0 spiro atoms. The van der Waals surface area contributed by atoms with Crippen LogP contribution in [0.2, 0.25) is 0 Å².